The van der Waals surface area contributed by atoms with Gasteiger partial charge in [0.1, 0.15) is 5.82 Å². The highest BCUT2D eigenvalue weighted by Gasteiger charge is 2.19. The smallest absolute Gasteiger partial charge is 0.167 e. The molecule has 0 fully saturated rings. The molecule has 0 spiro atoms. The summed E-state index contributed by atoms with van der Waals surface area (Å²) in [5, 5.41) is 0. The summed E-state index contributed by atoms with van der Waals surface area (Å²) in [6.45, 7) is 2.61. The van der Waals surface area contributed by atoms with Crippen molar-refractivity contribution in [2.75, 3.05) is 20.8 Å². The molecule has 1 aromatic heterocycles. The number of halogens is 2. The number of ether oxygens (including phenoxy) is 2. The zero-order valence-electron chi connectivity index (χ0n) is 11.8. The minimum atomic E-state index is -0.425. The van der Waals surface area contributed by atoms with Gasteiger partial charge in [0.05, 0.1) is 36.7 Å². The number of hydrogen-bond donors (Lipinski definition) is 0. The lowest BCUT2D eigenvalue weighted by Crippen LogP contribution is -2.16. The van der Waals surface area contributed by atoms with Gasteiger partial charge in [-0.1, -0.05) is 6.92 Å². The summed E-state index contributed by atoms with van der Waals surface area (Å²) >= 11 is 5.97. The number of imidazole rings is 1. The number of aromatic nitrogens is 2. The number of benzene rings is 1. The second kappa shape index (κ2) is 6.41. The normalized spacial score (nSPS) is 12.8. The molecule has 2 aromatic rings. The van der Waals surface area contributed by atoms with Gasteiger partial charge in [0, 0.05) is 19.2 Å². The molecule has 4 nitrogen and oxygen atoms in total. The van der Waals surface area contributed by atoms with Gasteiger partial charge in [0.25, 0.3) is 0 Å². The predicted octanol–water partition coefficient (Wildman–Crippen LogP) is 3.52. The third-order valence-corrected chi connectivity index (χ3v) is 3.59. The lowest BCUT2D eigenvalue weighted by molar-refractivity contribution is 0.153. The zero-order valence-corrected chi connectivity index (χ0v) is 12.6. The van der Waals surface area contributed by atoms with Crippen molar-refractivity contribution in [2.45, 2.75) is 25.3 Å². The Labute approximate surface area is 122 Å². The summed E-state index contributed by atoms with van der Waals surface area (Å²) in [4.78, 5) is 4.40. The molecule has 1 heterocycles. The van der Waals surface area contributed by atoms with E-state index in [1.807, 2.05) is 4.57 Å². The molecular weight excluding hydrogens is 283 g/mol. The van der Waals surface area contributed by atoms with Crippen molar-refractivity contribution >= 4 is 22.6 Å². The first-order valence-electron chi connectivity index (χ1n) is 6.45. The van der Waals surface area contributed by atoms with Crippen molar-refractivity contribution in [1.82, 2.24) is 9.55 Å². The van der Waals surface area contributed by atoms with Gasteiger partial charge in [-0.05, 0) is 6.42 Å². The maximum absolute atomic E-state index is 13.8. The molecule has 0 bridgehead atoms. The molecule has 0 saturated heterocycles. The van der Waals surface area contributed by atoms with Crippen LogP contribution in [0.1, 0.15) is 25.2 Å². The maximum Gasteiger partial charge on any atom is 0.167 e. The molecule has 6 heteroatoms. The first-order chi connectivity index (χ1) is 9.65. The van der Waals surface area contributed by atoms with Gasteiger partial charge < -0.3 is 14.0 Å². The molecule has 20 heavy (non-hydrogen) atoms. The molecule has 2 rings (SSSR count). The number of alkyl halides is 1. The Balaban J connectivity index is 2.65. The fourth-order valence-corrected chi connectivity index (χ4v) is 2.56. The molecule has 1 atom stereocenters. The Kier molecular flexibility index (Phi) is 4.83. The Morgan fingerprint density at radius 1 is 1.40 bits per heavy atom. The molecule has 1 aromatic carbocycles. The molecule has 0 aliphatic rings. The van der Waals surface area contributed by atoms with E-state index in [1.54, 1.807) is 13.2 Å². The minimum Gasteiger partial charge on any atom is -0.494 e. The van der Waals surface area contributed by atoms with Crippen LogP contribution in [0, 0.1) is 5.82 Å². The fraction of sp³-hybridized carbons (Fsp3) is 0.500. The highest BCUT2D eigenvalue weighted by atomic mass is 35.5. The summed E-state index contributed by atoms with van der Waals surface area (Å²) in [6, 6.07) is 3.14. The quantitative estimate of drug-likeness (QED) is 0.766. The van der Waals surface area contributed by atoms with Crippen molar-refractivity contribution in [1.29, 1.82) is 0 Å². The molecule has 0 saturated carbocycles. The van der Waals surface area contributed by atoms with Crippen LogP contribution in [0.15, 0.2) is 12.1 Å². The average Bonchev–Trinajstić information content (AvgIpc) is 2.81. The molecule has 0 aliphatic carbocycles. The van der Waals surface area contributed by atoms with Gasteiger partial charge in [-0.15, -0.1) is 11.6 Å². The first kappa shape index (κ1) is 15.1. The van der Waals surface area contributed by atoms with Gasteiger partial charge in [0.2, 0.25) is 0 Å². The van der Waals surface area contributed by atoms with E-state index in [0.29, 0.717) is 17.9 Å². The molecule has 0 radical (unpaired) electrons. The van der Waals surface area contributed by atoms with Gasteiger partial charge in [-0.25, -0.2) is 9.37 Å². The summed E-state index contributed by atoms with van der Waals surface area (Å²) in [5.41, 5.74) is 1.39. The maximum atomic E-state index is 13.8. The lowest BCUT2D eigenvalue weighted by Gasteiger charge is -2.19. The van der Waals surface area contributed by atoms with E-state index < -0.39 is 5.82 Å². The number of fused-ring (bicyclic) bond motifs is 1. The highest BCUT2D eigenvalue weighted by molar-refractivity contribution is 6.16. The Morgan fingerprint density at radius 3 is 2.70 bits per heavy atom. The van der Waals surface area contributed by atoms with Crippen LogP contribution in [0.3, 0.4) is 0 Å². The molecule has 1 unspecified atom stereocenters. The monoisotopic (exact) mass is 300 g/mol. The Hall–Kier alpha value is -1.33. The largest absolute Gasteiger partial charge is 0.494 e. The van der Waals surface area contributed by atoms with E-state index in [-0.39, 0.29) is 17.7 Å². The second-order valence-electron chi connectivity index (χ2n) is 4.52. The molecule has 0 aliphatic heterocycles. The van der Waals surface area contributed by atoms with Crippen molar-refractivity contribution in [3.05, 3.63) is 23.8 Å². The van der Waals surface area contributed by atoms with Gasteiger partial charge >= 0.3 is 0 Å². The van der Waals surface area contributed by atoms with Gasteiger partial charge in [0.15, 0.2) is 11.6 Å². The van der Waals surface area contributed by atoms with Crippen LogP contribution in [-0.2, 0) is 10.6 Å². The molecular formula is C14H18ClFN2O2. The summed E-state index contributed by atoms with van der Waals surface area (Å²) in [5.74, 6) is 0.745. The van der Waals surface area contributed by atoms with Crippen LogP contribution in [0.5, 0.6) is 5.75 Å². The van der Waals surface area contributed by atoms with E-state index in [9.17, 15) is 4.39 Å². The highest BCUT2D eigenvalue weighted by Crippen LogP contribution is 2.29. The van der Waals surface area contributed by atoms with Crippen molar-refractivity contribution in [3.63, 3.8) is 0 Å². The Morgan fingerprint density at radius 2 is 2.15 bits per heavy atom. The van der Waals surface area contributed by atoms with E-state index >= 15 is 0 Å². The third-order valence-electron chi connectivity index (χ3n) is 3.35. The van der Waals surface area contributed by atoms with Crippen LogP contribution in [0.4, 0.5) is 4.39 Å². The third kappa shape index (κ3) is 2.60. The van der Waals surface area contributed by atoms with Crippen molar-refractivity contribution < 1.29 is 13.9 Å². The topological polar surface area (TPSA) is 36.3 Å². The van der Waals surface area contributed by atoms with E-state index in [2.05, 4.69) is 11.9 Å². The standard InChI is InChI=1S/C14H18ClFN2O2/c1-4-9(8-19-2)18-12-6-13(20-3)10(16)5-11(12)17-14(18)7-15/h5-6,9H,4,7-8H2,1-3H3. The lowest BCUT2D eigenvalue weighted by atomic mass is 10.2. The minimum absolute atomic E-state index is 0.105. The SMILES string of the molecule is CCC(COC)n1c(CCl)nc2cc(F)c(OC)cc21. The summed E-state index contributed by atoms with van der Waals surface area (Å²) in [7, 11) is 3.10. The van der Waals surface area contributed by atoms with Crippen LogP contribution < -0.4 is 4.74 Å². The fourth-order valence-electron chi connectivity index (χ4n) is 2.37. The van der Waals surface area contributed by atoms with Crippen LogP contribution in [0.2, 0.25) is 0 Å². The van der Waals surface area contributed by atoms with E-state index in [0.717, 1.165) is 11.9 Å². The predicted molar refractivity (Wildman–Crippen MR) is 77.0 cm³/mol. The Bertz CT molecular complexity index is 600. The van der Waals surface area contributed by atoms with Crippen LogP contribution in [-0.4, -0.2) is 30.4 Å². The average molecular weight is 301 g/mol. The van der Waals surface area contributed by atoms with E-state index in [4.69, 9.17) is 21.1 Å². The number of nitrogens with zero attached hydrogens (tertiary/aromatic N) is 2. The number of hydrogen-bond acceptors (Lipinski definition) is 3. The first-order valence-corrected chi connectivity index (χ1v) is 6.98. The molecule has 0 amide bonds. The summed E-state index contributed by atoms with van der Waals surface area (Å²) in [6.07, 6.45) is 0.864. The summed E-state index contributed by atoms with van der Waals surface area (Å²) < 4.78 is 26.1. The van der Waals surface area contributed by atoms with Crippen molar-refractivity contribution in [2.24, 2.45) is 0 Å². The van der Waals surface area contributed by atoms with E-state index in [1.165, 1.54) is 13.2 Å². The molecule has 110 valence electrons. The van der Waals surface area contributed by atoms with Gasteiger partial charge in [-0.3, -0.25) is 0 Å². The zero-order chi connectivity index (χ0) is 14.7. The van der Waals surface area contributed by atoms with Crippen LogP contribution in [0.25, 0.3) is 11.0 Å². The second-order valence-corrected chi connectivity index (χ2v) is 4.79. The number of rotatable bonds is 6. The molecule has 0 N–H and O–H groups in total. The van der Waals surface area contributed by atoms with Gasteiger partial charge in [-0.2, -0.15) is 0 Å². The number of methoxy groups -OCH3 is 2. The van der Waals surface area contributed by atoms with Crippen molar-refractivity contribution in [3.8, 4) is 5.75 Å². The van der Waals surface area contributed by atoms with Crippen LogP contribution >= 0.6 is 11.6 Å².